The summed E-state index contributed by atoms with van der Waals surface area (Å²) in [5.41, 5.74) is 0.466. The molecule has 17 heavy (non-hydrogen) atoms. The molecule has 0 fully saturated rings. The highest BCUT2D eigenvalue weighted by Gasteiger charge is 2.09. The molecule has 0 bridgehead atoms. The normalized spacial score (nSPS) is 10.2. The van der Waals surface area contributed by atoms with E-state index in [0.29, 0.717) is 5.56 Å². The van der Waals surface area contributed by atoms with Gasteiger partial charge in [-0.25, -0.2) is 8.78 Å². The lowest BCUT2D eigenvalue weighted by Gasteiger charge is -2.05. The van der Waals surface area contributed by atoms with Gasteiger partial charge in [-0.2, -0.15) is 0 Å². The van der Waals surface area contributed by atoms with Gasteiger partial charge in [0.2, 0.25) is 6.29 Å². The molecule has 0 aliphatic heterocycles. The monoisotopic (exact) mass is 233 g/mol. The average molecular weight is 233 g/mol. The third kappa shape index (κ3) is 2.15. The summed E-state index contributed by atoms with van der Waals surface area (Å²) in [4.78, 5) is 10.5. The fraction of sp³-hybridized carbons (Fsp3) is 0. The molecule has 85 valence electrons. The average Bonchev–Trinajstić information content (AvgIpc) is 2.30. The summed E-state index contributed by atoms with van der Waals surface area (Å²) in [5.74, 6) is -1.63. The Balaban J connectivity index is 2.56. The first-order valence-electron chi connectivity index (χ1n) is 4.78. The van der Waals surface area contributed by atoms with Crippen LogP contribution in [0.15, 0.2) is 36.4 Å². The Morgan fingerprint density at radius 3 is 2.47 bits per heavy atom. The van der Waals surface area contributed by atoms with E-state index >= 15 is 0 Å². The van der Waals surface area contributed by atoms with Crippen LogP contribution in [-0.4, -0.2) is 11.4 Å². The van der Waals surface area contributed by atoms with Crippen LogP contribution in [0.4, 0.5) is 8.78 Å². The number of halogens is 2. The quantitative estimate of drug-likeness (QED) is 0.865. The van der Waals surface area contributed by atoms with Crippen LogP contribution in [-0.2, 0) is 4.79 Å². The van der Waals surface area contributed by atoms with Gasteiger partial charge in [-0.1, -0.05) is 6.07 Å². The second kappa shape index (κ2) is 4.33. The molecular formula is C13H7F2O2. The minimum absolute atomic E-state index is 0.0637. The number of rotatable bonds is 2. The Morgan fingerprint density at radius 1 is 1.06 bits per heavy atom. The van der Waals surface area contributed by atoms with Crippen LogP contribution >= 0.6 is 0 Å². The van der Waals surface area contributed by atoms with Crippen LogP contribution in [0.2, 0.25) is 0 Å². The summed E-state index contributed by atoms with van der Waals surface area (Å²) in [5, 5.41) is 9.28. The summed E-state index contributed by atoms with van der Waals surface area (Å²) < 4.78 is 26.2. The van der Waals surface area contributed by atoms with Crippen molar-refractivity contribution in [3.63, 3.8) is 0 Å². The number of hydrogen-bond donors (Lipinski definition) is 1. The molecule has 2 aromatic carbocycles. The summed E-state index contributed by atoms with van der Waals surface area (Å²) in [6.45, 7) is 0. The van der Waals surface area contributed by atoms with Crippen molar-refractivity contribution in [3.8, 4) is 16.9 Å². The van der Waals surface area contributed by atoms with E-state index in [1.165, 1.54) is 30.6 Å². The maximum atomic E-state index is 13.5. The molecule has 0 saturated carbocycles. The van der Waals surface area contributed by atoms with E-state index < -0.39 is 11.6 Å². The lowest BCUT2D eigenvalue weighted by Crippen LogP contribution is -1.89. The predicted octanol–water partition coefficient (Wildman–Crippen LogP) is 2.80. The van der Waals surface area contributed by atoms with E-state index in [1.54, 1.807) is 0 Å². The molecule has 0 aromatic heterocycles. The Morgan fingerprint density at radius 2 is 1.82 bits per heavy atom. The smallest absolute Gasteiger partial charge is 0.237 e. The van der Waals surface area contributed by atoms with Crippen LogP contribution < -0.4 is 0 Å². The van der Waals surface area contributed by atoms with Gasteiger partial charge in [0.15, 0.2) is 0 Å². The number of benzene rings is 2. The van der Waals surface area contributed by atoms with E-state index in [-0.39, 0.29) is 16.9 Å². The number of hydrogen-bond acceptors (Lipinski definition) is 2. The third-order valence-corrected chi connectivity index (χ3v) is 2.35. The van der Waals surface area contributed by atoms with Gasteiger partial charge in [0, 0.05) is 11.6 Å². The van der Waals surface area contributed by atoms with Gasteiger partial charge in [-0.15, -0.1) is 0 Å². The van der Waals surface area contributed by atoms with Crippen LogP contribution in [0.3, 0.4) is 0 Å². The topological polar surface area (TPSA) is 37.3 Å². The molecule has 2 rings (SSSR count). The second-order valence-electron chi connectivity index (χ2n) is 3.46. The van der Waals surface area contributed by atoms with Crippen molar-refractivity contribution < 1.29 is 18.7 Å². The first-order valence-corrected chi connectivity index (χ1v) is 4.78. The number of phenolic OH excluding ortho intramolecular Hbond substituents is 1. The van der Waals surface area contributed by atoms with Crippen LogP contribution in [0.1, 0.15) is 5.56 Å². The lowest BCUT2D eigenvalue weighted by atomic mass is 10.0. The molecule has 0 aliphatic rings. The van der Waals surface area contributed by atoms with Crippen molar-refractivity contribution in [2.45, 2.75) is 0 Å². The number of carbonyl (C=O) groups excluding carboxylic acids is 1. The van der Waals surface area contributed by atoms with Crippen LogP contribution in [0.25, 0.3) is 11.1 Å². The molecule has 2 nitrogen and oxygen atoms in total. The fourth-order valence-electron chi connectivity index (χ4n) is 1.51. The van der Waals surface area contributed by atoms with Crippen molar-refractivity contribution in [2.24, 2.45) is 0 Å². The standard InChI is InChI=1S/C13H7F2O2/c14-10-2-3-11(12(15)6-10)8-1-4-13(17)9(5-8)7-16/h1-6,17H. The van der Waals surface area contributed by atoms with Crippen molar-refractivity contribution >= 4 is 6.29 Å². The van der Waals surface area contributed by atoms with Crippen molar-refractivity contribution in [3.05, 3.63) is 53.6 Å². The highest BCUT2D eigenvalue weighted by atomic mass is 19.1. The van der Waals surface area contributed by atoms with Crippen LogP contribution in [0.5, 0.6) is 5.75 Å². The summed E-state index contributed by atoms with van der Waals surface area (Å²) in [6.07, 6.45) is 1.54. The third-order valence-electron chi connectivity index (χ3n) is 2.35. The van der Waals surface area contributed by atoms with Gasteiger partial charge in [0.1, 0.15) is 17.4 Å². The van der Waals surface area contributed by atoms with Crippen molar-refractivity contribution in [2.75, 3.05) is 0 Å². The highest BCUT2D eigenvalue weighted by Crippen LogP contribution is 2.27. The van der Waals surface area contributed by atoms with E-state index in [1.807, 2.05) is 0 Å². The molecule has 0 atom stereocenters. The van der Waals surface area contributed by atoms with Gasteiger partial charge >= 0.3 is 0 Å². The zero-order valence-electron chi connectivity index (χ0n) is 8.58. The van der Waals surface area contributed by atoms with Gasteiger partial charge in [0.25, 0.3) is 0 Å². The molecule has 0 spiro atoms. The molecule has 0 unspecified atom stereocenters. The van der Waals surface area contributed by atoms with Crippen LogP contribution in [0, 0.1) is 11.6 Å². The molecule has 1 N–H and O–H groups in total. The Hall–Kier alpha value is -2.23. The minimum atomic E-state index is -0.729. The van der Waals surface area contributed by atoms with Gasteiger partial charge in [0.05, 0.1) is 5.56 Å². The SMILES string of the molecule is O=[C]c1cc(-c2ccc(F)cc2F)ccc1O. The molecule has 0 amide bonds. The molecule has 1 radical (unpaired) electrons. The lowest BCUT2D eigenvalue weighted by molar-refractivity contribution is 0.472. The predicted molar refractivity (Wildman–Crippen MR) is 58.3 cm³/mol. The molecule has 0 saturated heterocycles. The maximum absolute atomic E-state index is 13.5. The summed E-state index contributed by atoms with van der Waals surface area (Å²) >= 11 is 0. The molecule has 0 aliphatic carbocycles. The second-order valence-corrected chi connectivity index (χ2v) is 3.46. The Bertz CT molecular complexity index is 580. The molecule has 4 heteroatoms. The Labute approximate surface area is 96.1 Å². The zero-order chi connectivity index (χ0) is 12.4. The molecule has 2 aromatic rings. The number of aromatic hydroxyl groups is 1. The molecule has 0 heterocycles. The maximum Gasteiger partial charge on any atom is 0.237 e. The van der Waals surface area contributed by atoms with E-state index in [9.17, 15) is 18.7 Å². The minimum Gasteiger partial charge on any atom is -0.507 e. The number of phenols is 1. The first-order chi connectivity index (χ1) is 8.11. The largest absolute Gasteiger partial charge is 0.507 e. The van der Waals surface area contributed by atoms with E-state index in [4.69, 9.17) is 0 Å². The first kappa shape index (κ1) is 11.3. The van der Waals surface area contributed by atoms with Gasteiger partial charge < -0.3 is 5.11 Å². The van der Waals surface area contributed by atoms with Gasteiger partial charge in [-0.3, -0.25) is 4.79 Å². The zero-order valence-corrected chi connectivity index (χ0v) is 8.58. The summed E-state index contributed by atoms with van der Waals surface area (Å²) in [7, 11) is 0. The highest BCUT2D eigenvalue weighted by molar-refractivity contribution is 5.83. The van der Waals surface area contributed by atoms with Gasteiger partial charge in [-0.05, 0) is 29.8 Å². The van der Waals surface area contributed by atoms with E-state index in [2.05, 4.69) is 0 Å². The fourth-order valence-corrected chi connectivity index (χ4v) is 1.51. The summed E-state index contributed by atoms with van der Waals surface area (Å²) in [6, 6.07) is 7.14. The molecular weight excluding hydrogens is 226 g/mol. The Kier molecular flexibility index (Phi) is 2.87. The van der Waals surface area contributed by atoms with Crippen molar-refractivity contribution in [1.82, 2.24) is 0 Å². The van der Waals surface area contributed by atoms with Crippen molar-refractivity contribution in [1.29, 1.82) is 0 Å². The van der Waals surface area contributed by atoms with E-state index in [0.717, 1.165) is 12.1 Å².